The number of aliphatic hydroxyl groups is 1. The number of hydrogen-bond acceptors (Lipinski definition) is 6. The third-order valence-corrected chi connectivity index (χ3v) is 6.66. The van der Waals surface area contributed by atoms with Crippen LogP contribution in [0.25, 0.3) is 27.9 Å². The van der Waals surface area contributed by atoms with E-state index in [9.17, 15) is 13.5 Å². The third kappa shape index (κ3) is 3.80. The zero-order valence-electron chi connectivity index (χ0n) is 16.9. The minimum atomic E-state index is -3.30. The molecule has 158 valence electrons. The van der Waals surface area contributed by atoms with Gasteiger partial charge in [0.1, 0.15) is 11.4 Å². The summed E-state index contributed by atoms with van der Waals surface area (Å²) >= 11 is 0. The predicted molar refractivity (Wildman–Crippen MR) is 117 cm³/mol. The van der Waals surface area contributed by atoms with Gasteiger partial charge in [-0.2, -0.15) is 5.10 Å². The molecule has 0 amide bonds. The monoisotopic (exact) mass is 435 g/mol. The summed E-state index contributed by atoms with van der Waals surface area (Å²) in [6.07, 6.45) is 8.29. The maximum absolute atomic E-state index is 11.9. The van der Waals surface area contributed by atoms with Gasteiger partial charge in [-0.3, -0.25) is 0 Å². The zero-order chi connectivity index (χ0) is 21.6. The molecule has 0 spiro atoms. The van der Waals surface area contributed by atoms with Crippen LogP contribution in [0.3, 0.4) is 0 Å². The van der Waals surface area contributed by atoms with Crippen molar-refractivity contribution in [3.8, 4) is 28.0 Å². The van der Waals surface area contributed by atoms with Gasteiger partial charge in [-0.05, 0) is 48.2 Å². The lowest BCUT2D eigenvalue weighted by atomic mass is 10.1. The number of nitrogens with zero attached hydrogens (tertiary/aromatic N) is 3. The molecule has 31 heavy (non-hydrogen) atoms. The van der Waals surface area contributed by atoms with Crippen LogP contribution >= 0.6 is 0 Å². The minimum Gasteiger partial charge on any atom is -0.485 e. The van der Waals surface area contributed by atoms with Crippen molar-refractivity contribution in [3.05, 3.63) is 67.1 Å². The number of hydrogen-bond donors (Lipinski definition) is 1. The van der Waals surface area contributed by atoms with Crippen LogP contribution in [0.5, 0.6) is 5.75 Å². The number of aliphatic hydroxyl groups excluding tert-OH is 1. The lowest BCUT2D eigenvalue weighted by Gasteiger charge is -2.15. The largest absolute Gasteiger partial charge is 0.485 e. The molecule has 0 aliphatic heterocycles. The smallest absolute Gasteiger partial charge is 0.175 e. The molecule has 1 aliphatic rings. The summed E-state index contributed by atoms with van der Waals surface area (Å²) in [5, 5.41) is 13.8. The first kappa shape index (κ1) is 19.7. The number of aromatic nitrogens is 3. The van der Waals surface area contributed by atoms with Crippen molar-refractivity contribution in [2.45, 2.75) is 23.3 Å². The maximum atomic E-state index is 11.9. The Kier molecular flexibility index (Phi) is 4.56. The summed E-state index contributed by atoms with van der Waals surface area (Å²) in [7, 11) is -3.30. The fraction of sp³-hybridized carbons (Fsp3) is 0.217. The second kappa shape index (κ2) is 7.18. The Morgan fingerprint density at radius 1 is 1.06 bits per heavy atom. The Morgan fingerprint density at radius 2 is 1.84 bits per heavy atom. The maximum Gasteiger partial charge on any atom is 0.175 e. The fourth-order valence-electron chi connectivity index (χ4n) is 3.52. The Bertz CT molecular complexity index is 1370. The molecule has 4 aromatic rings. The Hall–Kier alpha value is -3.23. The number of ether oxygens (including phenoxy) is 1. The lowest BCUT2D eigenvalue weighted by molar-refractivity contribution is 0.0954. The summed E-state index contributed by atoms with van der Waals surface area (Å²) in [5.41, 5.74) is 3.61. The van der Waals surface area contributed by atoms with Gasteiger partial charge in [-0.25, -0.2) is 17.9 Å². The molecule has 1 N–H and O–H groups in total. The first-order valence-electron chi connectivity index (χ1n) is 9.91. The molecule has 2 aromatic heterocycles. The standard InChI is InChI=1S/C23H21N3O4S/c1-31(28,29)20-4-2-3-17(11-20)21-13-25-26-14-18(12-24-22(21)26)16-5-7-19(8-6-16)30-23(15-27)9-10-23/h2-8,11-14,27H,9-10,15H2,1H3. The van der Waals surface area contributed by atoms with Gasteiger partial charge < -0.3 is 9.84 Å². The normalized spacial score (nSPS) is 15.2. The number of rotatable bonds is 6. The Balaban J connectivity index is 1.45. The van der Waals surface area contributed by atoms with Gasteiger partial charge in [-0.15, -0.1) is 0 Å². The highest BCUT2D eigenvalue weighted by Crippen LogP contribution is 2.40. The Labute approximate surface area is 179 Å². The van der Waals surface area contributed by atoms with Crippen LogP contribution in [-0.2, 0) is 9.84 Å². The van der Waals surface area contributed by atoms with Crippen molar-refractivity contribution in [1.29, 1.82) is 0 Å². The average molecular weight is 436 g/mol. The second-order valence-electron chi connectivity index (χ2n) is 7.94. The highest BCUT2D eigenvalue weighted by atomic mass is 32.2. The van der Waals surface area contributed by atoms with Crippen molar-refractivity contribution in [2.24, 2.45) is 0 Å². The van der Waals surface area contributed by atoms with Crippen molar-refractivity contribution in [2.75, 3.05) is 12.9 Å². The zero-order valence-corrected chi connectivity index (χ0v) is 17.7. The molecular weight excluding hydrogens is 414 g/mol. The van der Waals surface area contributed by atoms with E-state index >= 15 is 0 Å². The van der Waals surface area contributed by atoms with E-state index in [0.29, 0.717) is 5.65 Å². The number of benzene rings is 2. The van der Waals surface area contributed by atoms with E-state index in [4.69, 9.17) is 4.74 Å². The molecule has 0 saturated heterocycles. The SMILES string of the molecule is CS(=O)(=O)c1cccc(-c2cnn3cc(-c4ccc(OC5(CO)CC5)cc4)cnc23)c1. The highest BCUT2D eigenvalue weighted by Gasteiger charge is 2.44. The Morgan fingerprint density at radius 3 is 2.52 bits per heavy atom. The first-order valence-corrected chi connectivity index (χ1v) is 11.8. The van der Waals surface area contributed by atoms with E-state index in [1.165, 1.54) is 6.26 Å². The summed E-state index contributed by atoms with van der Waals surface area (Å²) in [6, 6.07) is 14.5. The van der Waals surface area contributed by atoms with E-state index in [2.05, 4.69) is 10.1 Å². The van der Waals surface area contributed by atoms with Crippen LogP contribution < -0.4 is 4.74 Å². The summed E-state index contributed by atoms with van der Waals surface area (Å²) < 4.78 is 31.3. The van der Waals surface area contributed by atoms with Crippen molar-refractivity contribution in [1.82, 2.24) is 14.6 Å². The quantitative estimate of drug-likeness (QED) is 0.499. The number of fused-ring (bicyclic) bond motifs is 1. The van der Waals surface area contributed by atoms with Crippen LogP contribution in [0.15, 0.2) is 72.0 Å². The van der Waals surface area contributed by atoms with Gasteiger partial charge in [0.05, 0.1) is 17.7 Å². The first-order chi connectivity index (χ1) is 14.9. The third-order valence-electron chi connectivity index (χ3n) is 5.55. The van der Waals surface area contributed by atoms with E-state index < -0.39 is 15.4 Å². The van der Waals surface area contributed by atoms with Crippen LogP contribution in [0.2, 0.25) is 0 Å². The molecule has 0 atom stereocenters. The molecule has 1 saturated carbocycles. The van der Waals surface area contributed by atoms with Crippen LogP contribution in [0.4, 0.5) is 0 Å². The summed E-state index contributed by atoms with van der Waals surface area (Å²) in [4.78, 5) is 4.84. The molecule has 0 bridgehead atoms. The average Bonchev–Trinajstić information content (AvgIpc) is 3.42. The number of sulfone groups is 1. The van der Waals surface area contributed by atoms with Gasteiger partial charge in [0.25, 0.3) is 0 Å². The molecule has 2 heterocycles. The van der Waals surface area contributed by atoms with Crippen molar-refractivity contribution in [3.63, 3.8) is 0 Å². The molecule has 7 nitrogen and oxygen atoms in total. The molecule has 0 radical (unpaired) electrons. The van der Waals surface area contributed by atoms with E-state index in [0.717, 1.165) is 40.8 Å². The van der Waals surface area contributed by atoms with Gasteiger partial charge in [0.15, 0.2) is 15.5 Å². The van der Waals surface area contributed by atoms with Gasteiger partial charge in [-0.1, -0.05) is 24.3 Å². The van der Waals surface area contributed by atoms with Crippen LogP contribution in [0.1, 0.15) is 12.8 Å². The van der Waals surface area contributed by atoms with E-state index in [1.54, 1.807) is 35.1 Å². The summed E-state index contributed by atoms with van der Waals surface area (Å²) in [6.45, 7) is 0.0318. The molecule has 8 heteroatoms. The van der Waals surface area contributed by atoms with Crippen LogP contribution in [0, 0.1) is 0 Å². The highest BCUT2D eigenvalue weighted by molar-refractivity contribution is 7.90. The molecule has 0 unspecified atom stereocenters. The summed E-state index contributed by atoms with van der Waals surface area (Å²) in [5.74, 6) is 0.733. The topological polar surface area (TPSA) is 93.8 Å². The lowest BCUT2D eigenvalue weighted by Crippen LogP contribution is -2.22. The second-order valence-corrected chi connectivity index (χ2v) is 9.95. The molecule has 1 aliphatic carbocycles. The predicted octanol–water partition coefficient (Wildman–Crippen LogP) is 3.37. The molecule has 5 rings (SSSR count). The minimum absolute atomic E-state index is 0.0318. The van der Waals surface area contributed by atoms with Gasteiger partial charge in [0.2, 0.25) is 0 Å². The van der Waals surface area contributed by atoms with Gasteiger partial charge >= 0.3 is 0 Å². The van der Waals surface area contributed by atoms with Crippen LogP contribution in [-0.4, -0.2) is 46.6 Å². The fourth-order valence-corrected chi connectivity index (χ4v) is 4.19. The molecule has 2 aromatic carbocycles. The van der Waals surface area contributed by atoms with Crippen molar-refractivity contribution < 1.29 is 18.3 Å². The molecular formula is C23H21N3O4S. The van der Waals surface area contributed by atoms with Crippen molar-refractivity contribution >= 4 is 15.5 Å². The van der Waals surface area contributed by atoms with Gasteiger partial charge in [0, 0.05) is 29.8 Å². The van der Waals surface area contributed by atoms with E-state index in [-0.39, 0.29) is 11.5 Å². The molecule has 1 fully saturated rings. The van der Waals surface area contributed by atoms with E-state index in [1.807, 2.05) is 36.5 Å².